The van der Waals surface area contributed by atoms with Crippen LogP contribution >= 0.6 is 0 Å². The summed E-state index contributed by atoms with van der Waals surface area (Å²) >= 11 is 0. The quantitative estimate of drug-likeness (QED) is 0.626. The van der Waals surface area contributed by atoms with E-state index in [0.29, 0.717) is 5.56 Å². The number of hydrogen-bond donors (Lipinski definition) is 0. The highest BCUT2D eigenvalue weighted by atomic mass is 16.6. The molecule has 0 atom stereocenters. The largest absolute Gasteiger partial charge is 0.451 e. The number of carbonyl (C=O) groups excluding carboxylic acids is 1. The lowest BCUT2D eigenvalue weighted by Gasteiger charge is -2.30. The first-order valence-corrected chi connectivity index (χ1v) is 9.36. The van der Waals surface area contributed by atoms with E-state index in [4.69, 9.17) is 4.74 Å². The first kappa shape index (κ1) is 17.7. The van der Waals surface area contributed by atoms with Crippen LogP contribution in [-0.2, 0) is 15.8 Å². The van der Waals surface area contributed by atoms with Crippen LogP contribution in [0.25, 0.3) is 0 Å². The van der Waals surface area contributed by atoms with Crippen molar-refractivity contribution in [3.8, 4) is 0 Å². The van der Waals surface area contributed by atoms with E-state index in [1.54, 1.807) is 0 Å². The second-order valence-corrected chi connectivity index (χ2v) is 7.77. The van der Waals surface area contributed by atoms with Gasteiger partial charge in [-0.3, -0.25) is 0 Å². The van der Waals surface area contributed by atoms with Crippen LogP contribution in [0.5, 0.6) is 0 Å². The molecule has 0 aliphatic heterocycles. The maximum atomic E-state index is 12.8. The standard InChI is InChI=1S/C23H28O2/c1-4-22(2,3)19-14-12-18(13-15-19)21(24)25-23(16-8-9-17-23)20-10-6-5-7-11-20/h5-7,10-15H,4,8-9,16-17H2,1-3H3. The lowest BCUT2D eigenvalue weighted by Crippen LogP contribution is -2.29. The molecule has 132 valence electrons. The maximum Gasteiger partial charge on any atom is 0.339 e. The van der Waals surface area contributed by atoms with Crippen molar-refractivity contribution in [3.05, 3.63) is 71.3 Å². The second-order valence-electron chi connectivity index (χ2n) is 7.77. The second kappa shape index (κ2) is 7.03. The molecule has 0 saturated heterocycles. The van der Waals surface area contributed by atoms with E-state index in [2.05, 4.69) is 45.0 Å². The maximum absolute atomic E-state index is 12.8. The summed E-state index contributed by atoms with van der Waals surface area (Å²) in [6.45, 7) is 6.64. The normalized spacial score (nSPS) is 16.6. The van der Waals surface area contributed by atoms with E-state index in [1.165, 1.54) is 5.56 Å². The fourth-order valence-corrected chi connectivity index (χ4v) is 3.64. The van der Waals surface area contributed by atoms with Crippen LogP contribution in [0.15, 0.2) is 54.6 Å². The first-order chi connectivity index (χ1) is 12.0. The van der Waals surface area contributed by atoms with Gasteiger partial charge in [-0.25, -0.2) is 4.79 Å². The Kier molecular flexibility index (Phi) is 4.99. The molecule has 25 heavy (non-hydrogen) atoms. The molecule has 2 aromatic rings. The summed E-state index contributed by atoms with van der Waals surface area (Å²) in [5.74, 6) is -0.216. The molecule has 2 heteroatoms. The van der Waals surface area contributed by atoms with Crippen molar-refractivity contribution in [2.45, 2.75) is 63.9 Å². The van der Waals surface area contributed by atoms with Gasteiger partial charge in [0, 0.05) is 0 Å². The first-order valence-electron chi connectivity index (χ1n) is 9.36. The Balaban J connectivity index is 1.81. The summed E-state index contributed by atoms with van der Waals surface area (Å²) < 4.78 is 6.08. The zero-order valence-electron chi connectivity index (χ0n) is 15.5. The molecule has 0 heterocycles. The van der Waals surface area contributed by atoms with Gasteiger partial charge < -0.3 is 4.74 Å². The average molecular weight is 336 g/mol. The predicted octanol–water partition coefficient (Wildman–Crippen LogP) is 6.00. The van der Waals surface area contributed by atoms with E-state index in [-0.39, 0.29) is 11.4 Å². The zero-order valence-corrected chi connectivity index (χ0v) is 15.5. The van der Waals surface area contributed by atoms with Crippen LogP contribution in [0.1, 0.15) is 74.4 Å². The van der Waals surface area contributed by atoms with E-state index < -0.39 is 5.60 Å². The van der Waals surface area contributed by atoms with Crippen molar-refractivity contribution in [3.63, 3.8) is 0 Å². The van der Waals surface area contributed by atoms with Crippen molar-refractivity contribution >= 4 is 5.97 Å². The van der Waals surface area contributed by atoms with Gasteiger partial charge >= 0.3 is 5.97 Å². The summed E-state index contributed by atoms with van der Waals surface area (Å²) in [6.07, 6.45) is 5.08. The van der Waals surface area contributed by atoms with Gasteiger partial charge in [0.2, 0.25) is 0 Å². The van der Waals surface area contributed by atoms with Gasteiger partial charge in [0.05, 0.1) is 5.56 Å². The Morgan fingerprint density at radius 3 is 2.16 bits per heavy atom. The summed E-state index contributed by atoms with van der Waals surface area (Å²) in [7, 11) is 0. The fraction of sp³-hybridized carbons (Fsp3) is 0.435. The van der Waals surface area contributed by atoms with E-state index in [1.807, 2.05) is 30.3 Å². The molecule has 0 aromatic heterocycles. The van der Waals surface area contributed by atoms with Crippen LogP contribution in [0.3, 0.4) is 0 Å². The number of ether oxygens (including phenoxy) is 1. The van der Waals surface area contributed by atoms with Gasteiger partial charge in [0.15, 0.2) is 0 Å². The molecule has 0 unspecified atom stereocenters. The molecule has 2 nitrogen and oxygen atoms in total. The summed E-state index contributed by atoms with van der Waals surface area (Å²) in [4.78, 5) is 12.8. The summed E-state index contributed by atoms with van der Waals surface area (Å²) in [5, 5.41) is 0. The topological polar surface area (TPSA) is 26.3 Å². The summed E-state index contributed by atoms with van der Waals surface area (Å²) in [6, 6.07) is 18.1. The van der Waals surface area contributed by atoms with Crippen molar-refractivity contribution in [1.82, 2.24) is 0 Å². The Bertz CT molecular complexity index is 708. The highest BCUT2D eigenvalue weighted by Crippen LogP contribution is 2.42. The molecule has 0 N–H and O–H groups in total. The number of hydrogen-bond acceptors (Lipinski definition) is 2. The van der Waals surface area contributed by atoms with Crippen LogP contribution in [0, 0.1) is 0 Å². The SMILES string of the molecule is CCC(C)(C)c1ccc(C(=O)OC2(c3ccccc3)CCCC2)cc1. The lowest BCUT2D eigenvalue weighted by molar-refractivity contribution is -0.0183. The van der Waals surface area contributed by atoms with Gasteiger partial charge in [-0.15, -0.1) is 0 Å². The Morgan fingerprint density at radius 2 is 1.60 bits per heavy atom. The Morgan fingerprint density at radius 1 is 1.00 bits per heavy atom. The van der Waals surface area contributed by atoms with E-state index in [9.17, 15) is 4.79 Å². The highest BCUT2D eigenvalue weighted by molar-refractivity contribution is 5.89. The van der Waals surface area contributed by atoms with Crippen LogP contribution in [0.2, 0.25) is 0 Å². The van der Waals surface area contributed by atoms with E-state index >= 15 is 0 Å². The Hall–Kier alpha value is -2.09. The summed E-state index contributed by atoms with van der Waals surface area (Å²) in [5.41, 5.74) is 2.67. The predicted molar refractivity (Wildman–Crippen MR) is 102 cm³/mol. The molecule has 1 saturated carbocycles. The van der Waals surface area contributed by atoms with Crippen molar-refractivity contribution in [2.24, 2.45) is 0 Å². The smallest absolute Gasteiger partial charge is 0.339 e. The van der Waals surface area contributed by atoms with Gasteiger partial charge in [-0.2, -0.15) is 0 Å². The molecule has 0 amide bonds. The molecule has 3 rings (SSSR count). The van der Waals surface area contributed by atoms with Gasteiger partial charge in [-0.1, -0.05) is 63.2 Å². The molecular formula is C23H28O2. The monoisotopic (exact) mass is 336 g/mol. The fourth-order valence-electron chi connectivity index (χ4n) is 3.64. The number of esters is 1. The van der Waals surface area contributed by atoms with Gasteiger partial charge in [-0.05, 0) is 60.8 Å². The van der Waals surface area contributed by atoms with Crippen molar-refractivity contribution in [1.29, 1.82) is 0 Å². The molecule has 0 spiro atoms. The number of rotatable bonds is 5. The molecular weight excluding hydrogens is 308 g/mol. The molecule has 1 aliphatic rings. The van der Waals surface area contributed by atoms with Crippen molar-refractivity contribution in [2.75, 3.05) is 0 Å². The highest BCUT2D eigenvalue weighted by Gasteiger charge is 2.39. The minimum absolute atomic E-state index is 0.124. The molecule has 0 bridgehead atoms. The minimum Gasteiger partial charge on any atom is -0.451 e. The van der Waals surface area contributed by atoms with Gasteiger partial charge in [0.25, 0.3) is 0 Å². The Labute approximate surface area is 151 Å². The van der Waals surface area contributed by atoms with Crippen LogP contribution < -0.4 is 0 Å². The van der Waals surface area contributed by atoms with Crippen molar-refractivity contribution < 1.29 is 9.53 Å². The third-order valence-electron chi connectivity index (χ3n) is 5.79. The molecule has 1 fully saturated rings. The molecule has 1 aliphatic carbocycles. The van der Waals surface area contributed by atoms with Crippen LogP contribution in [0.4, 0.5) is 0 Å². The third-order valence-corrected chi connectivity index (χ3v) is 5.79. The minimum atomic E-state index is -0.459. The number of benzene rings is 2. The molecule has 2 aromatic carbocycles. The van der Waals surface area contributed by atoms with Gasteiger partial charge in [0.1, 0.15) is 5.60 Å². The average Bonchev–Trinajstić information content (AvgIpc) is 3.12. The third kappa shape index (κ3) is 3.63. The van der Waals surface area contributed by atoms with E-state index in [0.717, 1.165) is 37.7 Å². The lowest BCUT2D eigenvalue weighted by atomic mass is 9.82. The number of carbonyl (C=O) groups is 1. The van der Waals surface area contributed by atoms with Crippen LogP contribution in [-0.4, -0.2) is 5.97 Å². The molecule has 0 radical (unpaired) electrons. The zero-order chi connectivity index (χ0) is 17.9.